The standard InChI is InChI=1S/C15H22FNO/c16-14-8-13(9-15(18)10-14)11-17-7-3-6-12-4-1-2-5-12/h8-10,12,17-18H,1-7,11H2. The van der Waals surface area contributed by atoms with E-state index in [2.05, 4.69) is 5.32 Å². The summed E-state index contributed by atoms with van der Waals surface area (Å²) in [6.07, 6.45) is 8.10. The third kappa shape index (κ3) is 4.30. The van der Waals surface area contributed by atoms with E-state index in [-0.39, 0.29) is 11.6 Å². The maximum Gasteiger partial charge on any atom is 0.127 e. The summed E-state index contributed by atoms with van der Waals surface area (Å²) in [5.74, 6) is 0.556. The highest BCUT2D eigenvalue weighted by Crippen LogP contribution is 2.28. The first kappa shape index (κ1) is 13.3. The molecule has 0 bridgehead atoms. The van der Waals surface area contributed by atoms with Crippen LogP contribution in [0.5, 0.6) is 5.75 Å². The van der Waals surface area contributed by atoms with E-state index in [1.54, 1.807) is 6.07 Å². The van der Waals surface area contributed by atoms with Crippen LogP contribution in [0.2, 0.25) is 0 Å². The number of rotatable bonds is 6. The van der Waals surface area contributed by atoms with Crippen molar-refractivity contribution in [1.29, 1.82) is 0 Å². The van der Waals surface area contributed by atoms with E-state index in [4.69, 9.17) is 0 Å². The maximum atomic E-state index is 13.0. The van der Waals surface area contributed by atoms with E-state index in [1.165, 1.54) is 44.6 Å². The van der Waals surface area contributed by atoms with Gasteiger partial charge < -0.3 is 10.4 Å². The molecule has 100 valence electrons. The van der Waals surface area contributed by atoms with Gasteiger partial charge >= 0.3 is 0 Å². The van der Waals surface area contributed by atoms with E-state index >= 15 is 0 Å². The first-order chi connectivity index (χ1) is 8.74. The Labute approximate surface area is 108 Å². The summed E-state index contributed by atoms with van der Waals surface area (Å²) in [5.41, 5.74) is 0.799. The van der Waals surface area contributed by atoms with Crippen LogP contribution in [0, 0.1) is 11.7 Å². The SMILES string of the molecule is Oc1cc(F)cc(CNCCCC2CCCC2)c1. The van der Waals surface area contributed by atoms with Gasteiger partial charge in [0.2, 0.25) is 0 Å². The summed E-state index contributed by atoms with van der Waals surface area (Å²) >= 11 is 0. The fraction of sp³-hybridized carbons (Fsp3) is 0.600. The van der Waals surface area contributed by atoms with E-state index < -0.39 is 0 Å². The molecule has 2 N–H and O–H groups in total. The van der Waals surface area contributed by atoms with Crippen molar-refractivity contribution in [1.82, 2.24) is 5.32 Å². The molecule has 3 heteroatoms. The Morgan fingerprint density at radius 2 is 2.00 bits per heavy atom. The Bertz CT molecular complexity index is 355. The molecule has 1 aliphatic rings. The van der Waals surface area contributed by atoms with Crippen molar-refractivity contribution in [3.8, 4) is 5.75 Å². The number of phenols is 1. The van der Waals surface area contributed by atoms with Crippen LogP contribution < -0.4 is 5.32 Å². The lowest BCUT2D eigenvalue weighted by Crippen LogP contribution is -2.15. The number of phenolic OH excluding ortho intramolecular Hbond substituents is 1. The summed E-state index contributed by atoms with van der Waals surface area (Å²) in [4.78, 5) is 0. The number of hydrogen-bond donors (Lipinski definition) is 2. The second-order valence-corrected chi connectivity index (χ2v) is 5.29. The Balaban J connectivity index is 1.62. The fourth-order valence-electron chi connectivity index (χ4n) is 2.78. The van der Waals surface area contributed by atoms with Gasteiger partial charge in [0.1, 0.15) is 11.6 Å². The van der Waals surface area contributed by atoms with Crippen LogP contribution in [0.4, 0.5) is 4.39 Å². The lowest BCUT2D eigenvalue weighted by atomic mass is 10.0. The third-order valence-corrected chi connectivity index (χ3v) is 3.71. The van der Waals surface area contributed by atoms with Crippen molar-refractivity contribution in [3.63, 3.8) is 0 Å². The van der Waals surface area contributed by atoms with Crippen molar-refractivity contribution in [2.24, 2.45) is 5.92 Å². The second-order valence-electron chi connectivity index (χ2n) is 5.29. The molecule has 0 atom stereocenters. The first-order valence-corrected chi connectivity index (χ1v) is 6.93. The Hall–Kier alpha value is -1.09. The highest BCUT2D eigenvalue weighted by atomic mass is 19.1. The average molecular weight is 251 g/mol. The monoisotopic (exact) mass is 251 g/mol. The third-order valence-electron chi connectivity index (χ3n) is 3.71. The number of nitrogens with one attached hydrogen (secondary N) is 1. The van der Waals surface area contributed by atoms with Crippen molar-refractivity contribution >= 4 is 0 Å². The van der Waals surface area contributed by atoms with Gasteiger partial charge in [0.05, 0.1) is 0 Å². The molecule has 0 saturated heterocycles. The minimum atomic E-state index is -0.377. The number of benzene rings is 1. The Morgan fingerprint density at radius 3 is 2.72 bits per heavy atom. The average Bonchev–Trinajstić information content (AvgIpc) is 2.80. The lowest BCUT2D eigenvalue weighted by Gasteiger charge is -2.09. The highest BCUT2D eigenvalue weighted by molar-refractivity contribution is 5.28. The molecule has 2 rings (SSSR count). The molecule has 0 spiro atoms. The van der Waals surface area contributed by atoms with Gasteiger partial charge in [-0.1, -0.05) is 25.7 Å². The second kappa shape index (κ2) is 6.74. The van der Waals surface area contributed by atoms with Crippen LogP contribution in [0.1, 0.15) is 44.1 Å². The van der Waals surface area contributed by atoms with Crippen molar-refractivity contribution in [2.45, 2.75) is 45.1 Å². The summed E-state index contributed by atoms with van der Waals surface area (Å²) in [7, 11) is 0. The number of hydrogen-bond acceptors (Lipinski definition) is 2. The first-order valence-electron chi connectivity index (χ1n) is 6.93. The van der Waals surface area contributed by atoms with Crippen molar-refractivity contribution < 1.29 is 9.50 Å². The molecule has 1 fully saturated rings. The van der Waals surface area contributed by atoms with E-state index in [0.717, 1.165) is 24.1 Å². The molecule has 1 aromatic carbocycles. The van der Waals surface area contributed by atoms with Crippen LogP contribution >= 0.6 is 0 Å². The van der Waals surface area contributed by atoms with Crippen LogP contribution in [0.25, 0.3) is 0 Å². The van der Waals surface area contributed by atoms with Gasteiger partial charge in [-0.3, -0.25) is 0 Å². The molecule has 1 aromatic rings. The van der Waals surface area contributed by atoms with Crippen LogP contribution in [0.15, 0.2) is 18.2 Å². The molecule has 0 amide bonds. The smallest absolute Gasteiger partial charge is 0.127 e. The molecule has 0 aromatic heterocycles. The molecule has 0 unspecified atom stereocenters. The zero-order chi connectivity index (χ0) is 12.8. The predicted molar refractivity (Wildman–Crippen MR) is 71.0 cm³/mol. The Kier molecular flexibility index (Phi) is 5.00. The topological polar surface area (TPSA) is 32.3 Å². The van der Waals surface area contributed by atoms with Gasteiger partial charge in [-0.05, 0) is 43.0 Å². The predicted octanol–water partition coefficient (Wildman–Crippen LogP) is 3.59. The molecule has 1 saturated carbocycles. The van der Waals surface area contributed by atoms with Gasteiger partial charge in [0.15, 0.2) is 0 Å². The Morgan fingerprint density at radius 1 is 1.22 bits per heavy atom. The molecule has 0 radical (unpaired) electrons. The number of halogens is 1. The van der Waals surface area contributed by atoms with Gasteiger partial charge in [0, 0.05) is 12.6 Å². The van der Waals surface area contributed by atoms with E-state index in [1.807, 2.05) is 0 Å². The highest BCUT2D eigenvalue weighted by Gasteiger charge is 2.13. The molecular weight excluding hydrogens is 229 g/mol. The summed E-state index contributed by atoms with van der Waals surface area (Å²) in [5, 5.41) is 12.6. The zero-order valence-corrected chi connectivity index (χ0v) is 10.8. The minimum absolute atomic E-state index is 0.00208. The molecule has 2 nitrogen and oxygen atoms in total. The lowest BCUT2D eigenvalue weighted by molar-refractivity contribution is 0.463. The zero-order valence-electron chi connectivity index (χ0n) is 10.8. The van der Waals surface area contributed by atoms with Gasteiger partial charge in [-0.25, -0.2) is 4.39 Å². The minimum Gasteiger partial charge on any atom is -0.508 e. The number of aromatic hydroxyl groups is 1. The summed E-state index contributed by atoms with van der Waals surface area (Å²) in [6.45, 7) is 1.59. The van der Waals surface area contributed by atoms with Gasteiger partial charge in [-0.15, -0.1) is 0 Å². The van der Waals surface area contributed by atoms with Crippen LogP contribution in [-0.2, 0) is 6.54 Å². The van der Waals surface area contributed by atoms with Crippen LogP contribution in [0.3, 0.4) is 0 Å². The fourth-order valence-corrected chi connectivity index (χ4v) is 2.78. The quantitative estimate of drug-likeness (QED) is 0.757. The normalized spacial score (nSPS) is 16.3. The van der Waals surface area contributed by atoms with Crippen molar-refractivity contribution in [2.75, 3.05) is 6.54 Å². The van der Waals surface area contributed by atoms with E-state index in [9.17, 15) is 9.50 Å². The molecular formula is C15H22FNO. The molecule has 0 heterocycles. The van der Waals surface area contributed by atoms with E-state index in [0.29, 0.717) is 6.54 Å². The van der Waals surface area contributed by atoms with Gasteiger partial charge in [-0.2, -0.15) is 0 Å². The van der Waals surface area contributed by atoms with Crippen LogP contribution in [-0.4, -0.2) is 11.7 Å². The molecule has 1 aliphatic carbocycles. The van der Waals surface area contributed by atoms with Gasteiger partial charge in [0.25, 0.3) is 0 Å². The summed E-state index contributed by atoms with van der Waals surface area (Å²) < 4.78 is 13.0. The maximum absolute atomic E-state index is 13.0. The molecule has 0 aliphatic heterocycles. The largest absolute Gasteiger partial charge is 0.508 e. The van der Waals surface area contributed by atoms with Crippen molar-refractivity contribution in [3.05, 3.63) is 29.6 Å². The summed E-state index contributed by atoms with van der Waals surface area (Å²) in [6, 6.07) is 4.19. The molecule has 18 heavy (non-hydrogen) atoms.